The van der Waals surface area contributed by atoms with Gasteiger partial charge in [-0.05, 0) is 31.5 Å². The zero-order chi connectivity index (χ0) is 24.5. The summed E-state index contributed by atoms with van der Waals surface area (Å²) in [5.74, 6) is -0.333. The molecule has 3 unspecified atom stereocenters. The van der Waals surface area contributed by atoms with Crippen LogP contribution in [0.4, 0.5) is 19.0 Å². The zero-order valence-electron chi connectivity index (χ0n) is 18.6. The van der Waals surface area contributed by atoms with Crippen molar-refractivity contribution in [3.8, 4) is 0 Å². The number of alkyl halides is 3. The summed E-state index contributed by atoms with van der Waals surface area (Å²) < 4.78 is 43.2. The van der Waals surface area contributed by atoms with Gasteiger partial charge in [-0.3, -0.25) is 4.74 Å². The Labute approximate surface area is 204 Å². The number of imidazole rings is 1. The summed E-state index contributed by atoms with van der Waals surface area (Å²) in [6.45, 7) is 1.03. The van der Waals surface area contributed by atoms with Crippen LogP contribution in [0, 0.1) is 5.92 Å². The Morgan fingerprint density at radius 1 is 1.29 bits per heavy atom. The van der Waals surface area contributed by atoms with Crippen LogP contribution in [0.1, 0.15) is 37.2 Å². The quantitative estimate of drug-likeness (QED) is 0.566. The highest BCUT2D eigenvalue weighted by Crippen LogP contribution is 2.56. The molecule has 35 heavy (non-hydrogen) atoms. The minimum Gasteiger partial charge on any atom is -0.390 e. The molecule has 1 saturated carbocycles. The van der Waals surface area contributed by atoms with Crippen molar-refractivity contribution in [3.05, 3.63) is 35.3 Å². The molecule has 0 radical (unpaired) electrons. The van der Waals surface area contributed by atoms with Gasteiger partial charge < -0.3 is 25.0 Å². The van der Waals surface area contributed by atoms with Gasteiger partial charge in [0.15, 0.2) is 5.82 Å². The number of hydrogen-bond donors (Lipinski definition) is 3. The molecule has 9 nitrogen and oxygen atoms in total. The Morgan fingerprint density at radius 2 is 2.11 bits per heavy atom. The maximum atomic E-state index is 12.5. The number of allylic oxidation sites excluding steroid dienone is 2. The summed E-state index contributed by atoms with van der Waals surface area (Å²) >= 11 is 6.41. The molecule has 1 aromatic rings. The summed E-state index contributed by atoms with van der Waals surface area (Å²) in [4.78, 5) is 13.8. The number of nitrogens with zero attached hydrogens (tertiary/aromatic N) is 5. The zero-order valence-corrected chi connectivity index (χ0v) is 19.4. The molecule has 1 spiro atoms. The molecule has 190 valence electrons. The summed E-state index contributed by atoms with van der Waals surface area (Å²) in [7, 11) is 0. The van der Waals surface area contributed by atoms with E-state index in [2.05, 4.69) is 35.9 Å². The molecule has 6 rings (SSSR count). The average Bonchev–Trinajstić information content (AvgIpc) is 3.53. The second-order valence-corrected chi connectivity index (χ2v) is 10.2. The first-order valence-electron chi connectivity index (χ1n) is 11.7. The summed E-state index contributed by atoms with van der Waals surface area (Å²) in [6, 6.07) is -0.412. The summed E-state index contributed by atoms with van der Waals surface area (Å²) in [5, 5.41) is 25.1. The normalized spacial score (nSPS) is 38.6. The number of aliphatic hydroxyl groups is 2. The molecule has 0 aromatic carbocycles. The number of fused-ring (bicyclic) bond motifs is 4. The van der Waals surface area contributed by atoms with E-state index in [1.54, 1.807) is 17.2 Å². The van der Waals surface area contributed by atoms with E-state index in [9.17, 15) is 23.4 Å². The fraction of sp³-hybridized carbons (Fsp3) is 0.636. The molecule has 3 fully saturated rings. The van der Waals surface area contributed by atoms with Crippen LogP contribution in [0.2, 0.25) is 0 Å². The molecule has 7 atom stereocenters. The highest BCUT2D eigenvalue weighted by molar-refractivity contribution is 6.31. The molecule has 3 N–H and O–H groups in total. The van der Waals surface area contributed by atoms with E-state index in [1.807, 2.05) is 12.2 Å². The van der Waals surface area contributed by atoms with Crippen molar-refractivity contribution in [1.29, 1.82) is 0 Å². The molecule has 2 saturated heterocycles. The Hall–Kier alpha value is -1.96. The van der Waals surface area contributed by atoms with E-state index in [-0.39, 0.29) is 18.6 Å². The van der Waals surface area contributed by atoms with Gasteiger partial charge in [0.1, 0.15) is 23.6 Å². The van der Waals surface area contributed by atoms with Crippen molar-refractivity contribution >= 4 is 23.8 Å². The van der Waals surface area contributed by atoms with Gasteiger partial charge in [-0.15, -0.1) is 13.2 Å². The Kier molecular flexibility index (Phi) is 5.55. The van der Waals surface area contributed by atoms with Gasteiger partial charge in [-0.1, -0.05) is 17.7 Å². The number of halogens is 4. The van der Waals surface area contributed by atoms with Crippen LogP contribution in [0.15, 0.2) is 34.6 Å². The van der Waals surface area contributed by atoms with Gasteiger partial charge in [0, 0.05) is 30.0 Å². The summed E-state index contributed by atoms with van der Waals surface area (Å²) in [6.07, 6.45) is 3.51. The van der Waals surface area contributed by atoms with Crippen LogP contribution in [-0.4, -0.2) is 85.9 Å². The fourth-order valence-electron chi connectivity index (χ4n) is 6.27. The number of rotatable bonds is 4. The minimum atomic E-state index is -4.80. The maximum Gasteiger partial charge on any atom is 0.522 e. The molecule has 4 heterocycles. The van der Waals surface area contributed by atoms with E-state index in [4.69, 9.17) is 11.6 Å². The van der Waals surface area contributed by atoms with Crippen molar-refractivity contribution in [2.24, 2.45) is 10.9 Å². The number of aromatic nitrogens is 2. The standard InChI is InChI=1S/C22H26ClF3N6O3/c23-13-2-1-4-21(7-13)31-11-29-19-16(20(31)32(21)14-3-5-27-8-14)28-10-30(19)15-6-12(17(33)18(15)34)9-35-22(24,25)26/h1-2,7,10-12,14-15,17-18,20,27,33-34H,3-6,8-9H2/t12?,14-,15+,17+,18-,20?,21?/m0/s1. The first kappa shape index (κ1) is 23.4. The van der Waals surface area contributed by atoms with Crippen molar-refractivity contribution in [2.45, 2.75) is 61.7 Å². The van der Waals surface area contributed by atoms with Crippen LogP contribution < -0.4 is 5.32 Å². The van der Waals surface area contributed by atoms with Gasteiger partial charge in [-0.25, -0.2) is 14.9 Å². The Morgan fingerprint density at radius 3 is 2.83 bits per heavy atom. The molecule has 5 aliphatic rings. The third kappa shape index (κ3) is 3.65. The second kappa shape index (κ2) is 8.29. The molecular weight excluding hydrogens is 489 g/mol. The highest BCUT2D eigenvalue weighted by atomic mass is 35.5. The van der Waals surface area contributed by atoms with E-state index in [0.717, 1.165) is 25.9 Å². The average molecular weight is 515 g/mol. The third-order valence-electron chi connectivity index (χ3n) is 7.85. The van der Waals surface area contributed by atoms with Crippen LogP contribution in [0.25, 0.3) is 0 Å². The van der Waals surface area contributed by atoms with Gasteiger partial charge in [0.05, 0.1) is 31.4 Å². The van der Waals surface area contributed by atoms with E-state index in [1.165, 1.54) is 0 Å². The number of aliphatic imine (C=N–C) groups is 1. The second-order valence-electron chi connectivity index (χ2n) is 9.76. The van der Waals surface area contributed by atoms with Crippen LogP contribution in [0.3, 0.4) is 0 Å². The number of nitrogens with one attached hydrogen (secondary N) is 1. The van der Waals surface area contributed by atoms with Gasteiger partial charge in [-0.2, -0.15) is 0 Å². The Bertz CT molecular complexity index is 1090. The van der Waals surface area contributed by atoms with Gasteiger partial charge >= 0.3 is 6.36 Å². The van der Waals surface area contributed by atoms with Crippen molar-refractivity contribution in [1.82, 2.24) is 24.7 Å². The Balaban J connectivity index is 1.30. The predicted octanol–water partition coefficient (Wildman–Crippen LogP) is 2.13. The lowest BCUT2D eigenvalue weighted by Crippen LogP contribution is -2.77. The van der Waals surface area contributed by atoms with E-state index < -0.39 is 42.8 Å². The fourth-order valence-corrected chi connectivity index (χ4v) is 6.54. The van der Waals surface area contributed by atoms with Gasteiger partial charge in [0.25, 0.3) is 0 Å². The molecule has 1 aromatic heterocycles. The molecule has 3 aliphatic heterocycles. The molecular formula is C22H26ClF3N6O3. The first-order valence-corrected chi connectivity index (χ1v) is 12.1. The highest BCUT2D eigenvalue weighted by Gasteiger charge is 2.62. The van der Waals surface area contributed by atoms with Gasteiger partial charge in [0.2, 0.25) is 0 Å². The lowest BCUT2D eigenvalue weighted by atomic mass is 9.85. The summed E-state index contributed by atoms with van der Waals surface area (Å²) in [5.41, 5.74) is 0.266. The molecule has 13 heteroatoms. The number of hydrogen-bond acceptors (Lipinski definition) is 8. The minimum absolute atomic E-state index is 0.106. The van der Waals surface area contributed by atoms with Crippen LogP contribution >= 0.6 is 11.6 Å². The topological polar surface area (TPSA) is 98.4 Å². The molecule has 0 amide bonds. The van der Waals surface area contributed by atoms with Crippen LogP contribution in [0.5, 0.6) is 0 Å². The monoisotopic (exact) mass is 514 g/mol. The third-order valence-corrected chi connectivity index (χ3v) is 8.08. The smallest absolute Gasteiger partial charge is 0.390 e. The molecule has 0 bridgehead atoms. The van der Waals surface area contributed by atoms with Crippen molar-refractivity contribution in [2.75, 3.05) is 19.7 Å². The lowest BCUT2D eigenvalue weighted by molar-refractivity contribution is -0.329. The van der Waals surface area contributed by atoms with E-state index >= 15 is 0 Å². The number of aliphatic hydroxyl groups excluding tert-OH is 2. The largest absolute Gasteiger partial charge is 0.522 e. The predicted molar refractivity (Wildman–Crippen MR) is 120 cm³/mol. The van der Waals surface area contributed by atoms with Crippen molar-refractivity contribution in [3.63, 3.8) is 0 Å². The molecule has 2 aliphatic carbocycles. The number of ether oxygens (including phenoxy) is 1. The van der Waals surface area contributed by atoms with Crippen LogP contribution in [-0.2, 0) is 4.74 Å². The van der Waals surface area contributed by atoms with Crippen molar-refractivity contribution < 1.29 is 28.1 Å². The maximum absolute atomic E-state index is 12.5. The lowest BCUT2D eigenvalue weighted by Gasteiger charge is -2.67. The van der Waals surface area contributed by atoms with E-state index in [0.29, 0.717) is 16.5 Å². The first-order chi connectivity index (χ1) is 16.7. The SMILES string of the molecule is O[C@@H]1[C@H](O)C(COC(F)(F)F)C[C@H]1n1cnc2c1N=CN1C2N([C@H]2CCNC2)C12C=C(Cl)C=CC2.